The number of ether oxygens (including phenoxy) is 1. The van der Waals surface area contributed by atoms with E-state index in [2.05, 4.69) is 0 Å². The van der Waals surface area contributed by atoms with Crippen molar-refractivity contribution in [2.24, 2.45) is 5.92 Å². The summed E-state index contributed by atoms with van der Waals surface area (Å²) in [6.07, 6.45) is 1.58. The Kier molecular flexibility index (Phi) is 3.29. The van der Waals surface area contributed by atoms with Crippen LogP contribution in [-0.4, -0.2) is 24.3 Å². The molecule has 0 bridgehead atoms. The van der Waals surface area contributed by atoms with E-state index in [1.54, 1.807) is 6.07 Å². The number of aryl methyl sites for hydroxylation is 1. The molecular weight excluding hydrogens is 208 g/mol. The highest BCUT2D eigenvalue weighted by Crippen LogP contribution is 2.33. The third kappa shape index (κ3) is 2.27. The molecule has 0 aromatic carbocycles. The molecule has 0 amide bonds. The molecule has 1 saturated heterocycles. The molecule has 0 saturated carbocycles. The van der Waals surface area contributed by atoms with Gasteiger partial charge in [0.1, 0.15) is 17.4 Å². The molecule has 0 spiro atoms. The van der Waals surface area contributed by atoms with Gasteiger partial charge < -0.3 is 14.3 Å². The van der Waals surface area contributed by atoms with E-state index in [0.717, 1.165) is 18.6 Å². The maximum absolute atomic E-state index is 11.3. The van der Waals surface area contributed by atoms with Crippen molar-refractivity contribution < 1.29 is 19.1 Å². The molecule has 1 aliphatic rings. The molecule has 4 nitrogen and oxygen atoms in total. The molecule has 2 rings (SSSR count). The Hall–Kier alpha value is -1.29. The second kappa shape index (κ2) is 4.70. The standard InChI is InChI=1S/C12H16O4/c1-8-2-3-10(16-8)11(12(13)14)9-4-6-15-7-5-9/h2-3,9,11H,4-7H2,1H3,(H,13,14). The zero-order valence-electron chi connectivity index (χ0n) is 9.31. The van der Waals surface area contributed by atoms with Gasteiger partial charge in [-0.25, -0.2) is 0 Å². The largest absolute Gasteiger partial charge is 0.481 e. The number of carboxylic acid groups (broad SMARTS) is 1. The minimum atomic E-state index is -0.804. The van der Waals surface area contributed by atoms with Crippen molar-refractivity contribution in [3.05, 3.63) is 23.7 Å². The molecule has 1 fully saturated rings. The van der Waals surface area contributed by atoms with E-state index >= 15 is 0 Å². The van der Waals surface area contributed by atoms with E-state index in [1.165, 1.54) is 0 Å². The molecule has 1 aliphatic heterocycles. The van der Waals surface area contributed by atoms with Gasteiger partial charge in [0.2, 0.25) is 0 Å². The first-order valence-corrected chi connectivity index (χ1v) is 5.55. The van der Waals surface area contributed by atoms with E-state index in [1.807, 2.05) is 13.0 Å². The number of hydrogen-bond acceptors (Lipinski definition) is 3. The normalized spacial score (nSPS) is 19.6. The average Bonchev–Trinajstić information content (AvgIpc) is 2.66. The summed E-state index contributed by atoms with van der Waals surface area (Å²) in [6.45, 7) is 3.12. The Morgan fingerprint density at radius 1 is 1.44 bits per heavy atom. The second-order valence-corrected chi connectivity index (χ2v) is 4.21. The summed E-state index contributed by atoms with van der Waals surface area (Å²) in [4.78, 5) is 11.3. The third-order valence-corrected chi connectivity index (χ3v) is 3.07. The molecule has 0 aliphatic carbocycles. The molecule has 1 N–H and O–H groups in total. The summed E-state index contributed by atoms with van der Waals surface area (Å²) in [7, 11) is 0. The Morgan fingerprint density at radius 3 is 2.62 bits per heavy atom. The van der Waals surface area contributed by atoms with Crippen molar-refractivity contribution >= 4 is 5.97 Å². The van der Waals surface area contributed by atoms with Crippen molar-refractivity contribution in [3.63, 3.8) is 0 Å². The summed E-state index contributed by atoms with van der Waals surface area (Å²) < 4.78 is 10.7. The van der Waals surface area contributed by atoms with Crippen LogP contribution in [0.5, 0.6) is 0 Å². The van der Waals surface area contributed by atoms with Gasteiger partial charge in [-0.3, -0.25) is 4.79 Å². The third-order valence-electron chi connectivity index (χ3n) is 3.07. The highest BCUT2D eigenvalue weighted by Gasteiger charge is 2.33. The van der Waals surface area contributed by atoms with Crippen LogP contribution in [0.15, 0.2) is 16.5 Å². The fraction of sp³-hybridized carbons (Fsp3) is 0.583. The van der Waals surface area contributed by atoms with Crippen LogP contribution in [0.3, 0.4) is 0 Å². The van der Waals surface area contributed by atoms with Crippen LogP contribution in [-0.2, 0) is 9.53 Å². The Balaban J connectivity index is 2.19. The quantitative estimate of drug-likeness (QED) is 0.854. The summed E-state index contributed by atoms with van der Waals surface area (Å²) >= 11 is 0. The zero-order chi connectivity index (χ0) is 11.5. The lowest BCUT2D eigenvalue weighted by molar-refractivity contribution is -0.141. The van der Waals surface area contributed by atoms with Crippen LogP contribution in [0.2, 0.25) is 0 Å². The van der Waals surface area contributed by atoms with Crippen molar-refractivity contribution in [1.29, 1.82) is 0 Å². The van der Waals surface area contributed by atoms with Crippen LogP contribution in [0.1, 0.15) is 30.3 Å². The van der Waals surface area contributed by atoms with E-state index in [4.69, 9.17) is 9.15 Å². The average molecular weight is 224 g/mol. The molecule has 88 valence electrons. The fourth-order valence-electron chi connectivity index (χ4n) is 2.23. The molecule has 1 aromatic heterocycles. The number of furan rings is 1. The number of carbonyl (C=O) groups is 1. The first-order chi connectivity index (χ1) is 7.68. The smallest absolute Gasteiger partial charge is 0.314 e. The van der Waals surface area contributed by atoms with Crippen LogP contribution in [0.4, 0.5) is 0 Å². The second-order valence-electron chi connectivity index (χ2n) is 4.21. The molecular formula is C12H16O4. The monoisotopic (exact) mass is 224 g/mol. The van der Waals surface area contributed by atoms with Gasteiger partial charge in [0.15, 0.2) is 0 Å². The lowest BCUT2D eigenvalue weighted by Crippen LogP contribution is -2.27. The van der Waals surface area contributed by atoms with E-state index in [9.17, 15) is 9.90 Å². The van der Waals surface area contributed by atoms with Gasteiger partial charge in [-0.15, -0.1) is 0 Å². The van der Waals surface area contributed by atoms with Gasteiger partial charge >= 0.3 is 5.97 Å². The first kappa shape index (κ1) is 11.2. The maximum Gasteiger partial charge on any atom is 0.314 e. The lowest BCUT2D eigenvalue weighted by atomic mass is 9.84. The van der Waals surface area contributed by atoms with Gasteiger partial charge in [-0.05, 0) is 37.8 Å². The molecule has 1 aromatic rings. The Morgan fingerprint density at radius 2 is 2.12 bits per heavy atom. The van der Waals surface area contributed by atoms with Crippen molar-refractivity contribution in [2.75, 3.05) is 13.2 Å². The van der Waals surface area contributed by atoms with Gasteiger partial charge in [-0.1, -0.05) is 0 Å². The van der Waals surface area contributed by atoms with Crippen LogP contribution < -0.4 is 0 Å². The fourth-order valence-corrected chi connectivity index (χ4v) is 2.23. The van der Waals surface area contributed by atoms with Gasteiger partial charge in [0, 0.05) is 13.2 Å². The molecule has 2 heterocycles. The summed E-state index contributed by atoms with van der Waals surface area (Å²) in [5.74, 6) is 0.112. The minimum Gasteiger partial charge on any atom is -0.481 e. The van der Waals surface area contributed by atoms with Crippen molar-refractivity contribution in [2.45, 2.75) is 25.7 Å². The molecule has 16 heavy (non-hydrogen) atoms. The van der Waals surface area contributed by atoms with E-state index in [0.29, 0.717) is 19.0 Å². The molecule has 1 atom stereocenters. The summed E-state index contributed by atoms with van der Waals surface area (Å²) in [5, 5.41) is 9.29. The van der Waals surface area contributed by atoms with Gasteiger partial charge in [-0.2, -0.15) is 0 Å². The number of aliphatic carboxylic acids is 1. The highest BCUT2D eigenvalue weighted by molar-refractivity contribution is 5.75. The molecule has 4 heteroatoms. The van der Waals surface area contributed by atoms with Gasteiger partial charge in [0.05, 0.1) is 0 Å². The van der Waals surface area contributed by atoms with E-state index in [-0.39, 0.29) is 5.92 Å². The molecule has 0 radical (unpaired) electrons. The number of hydrogen-bond donors (Lipinski definition) is 1. The lowest BCUT2D eigenvalue weighted by Gasteiger charge is -2.26. The van der Waals surface area contributed by atoms with Crippen molar-refractivity contribution in [3.8, 4) is 0 Å². The summed E-state index contributed by atoms with van der Waals surface area (Å²) in [6, 6.07) is 3.58. The highest BCUT2D eigenvalue weighted by atomic mass is 16.5. The number of rotatable bonds is 3. The van der Waals surface area contributed by atoms with Crippen LogP contribution >= 0.6 is 0 Å². The van der Waals surface area contributed by atoms with Crippen LogP contribution in [0.25, 0.3) is 0 Å². The topological polar surface area (TPSA) is 59.7 Å². The zero-order valence-corrected chi connectivity index (χ0v) is 9.31. The minimum absolute atomic E-state index is 0.122. The predicted octanol–water partition coefficient (Wildman–Crippen LogP) is 2.18. The molecule has 1 unspecified atom stereocenters. The SMILES string of the molecule is Cc1ccc(C(C(=O)O)C2CCOCC2)o1. The van der Waals surface area contributed by atoms with Gasteiger partial charge in [0.25, 0.3) is 0 Å². The summed E-state index contributed by atoms with van der Waals surface area (Å²) in [5.41, 5.74) is 0. The Labute approximate surface area is 94.2 Å². The predicted molar refractivity (Wildman–Crippen MR) is 57.4 cm³/mol. The van der Waals surface area contributed by atoms with E-state index < -0.39 is 11.9 Å². The first-order valence-electron chi connectivity index (χ1n) is 5.55. The number of carboxylic acids is 1. The van der Waals surface area contributed by atoms with Crippen molar-refractivity contribution in [1.82, 2.24) is 0 Å². The van der Waals surface area contributed by atoms with Crippen LogP contribution in [0, 0.1) is 12.8 Å². The Bertz CT molecular complexity index is 363. The maximum atomic E-state index is 11.3.